The third-order valence-corrected chi connectivity index (χ3v) is 3.99. The van der Waals surface area contributed by atoms with Crippen molar-refractivity contribution < 1.29 is 23.7 Å². The Bertz CT molecular complexity index is 471. The van der Waals surface area contributed by atoms with Gasteiger partial charge in [-0.3, -0.25) is 4.79 Å². The highest BCUT2D eigenvalue weighted by molar-refractivity contribution is 5.66. The summed E-state index contributed by atoms with van der Waals surface area (Å²) in [7, 11) is 0. The Morgan fingerprint density at radius 1 is 1.36 bits per heavy atom. The Morgan fingerprint density at radius 2 is 2.09 bits per heavy atom. The van der Waals surface area contributed by atoms with E-state index >= 15 is 0 Å². The molecular formula is C17H24O5. The van der Waals surface area contributed by atoms with Crippen molar-refractivity contribution >= 4 is 5.97 Å². The largest absolute Gasteiger partial charge is 0.490 e. The zero-order valence-electron chi connectivity index (χ0n) is 13.4. The van der Waals surface area contributed by atoms with E-state index in [0.29, 0.717) is 13.2 Å². The average molecular weight is 308 g/mol. The molecule has 122 valence electrons. The number of hydrogen-bond donors (Lipinski definition) is 0. The SMILES string of the molecule is CCC1(OCC(COc2ccccc2)OC(C)=O)COC1C. The van der Waals surface area contributed by atoms with Gasteiger partial charge < -0.3 is 18.9 Å². The Morgan fingerprint density at radius 3 is 2.59 bits per heavy atom. The van der Waals surface area contributed by atoms with E-state index in [1.54, 1.807) is 0 Å². The van der Waals surface area contributed by atoms with Crippen LogP contribution in [0.4, 0.5) is 0 Å². The smallest absolute Gasteiger partial charge is 0.303 e. The number of para-hydroxylation sites is 1. The van der Waals surface area contributed by atoms with Crippen LogP contribution >= 0.6 is 0 Å². The van der Waals surface area contributed by atoms with Crippen LogP contribution in [0.3, 0.4) is 0 Å². The predicted octanol–water partition coefficient (Wildman–Crippen LogP) is 2.58. The first-order valence-corrected chi connectivity index (χ1v) is 7.66. The van der Waals surface area contributed by atoms with Gasteiger partial charge in [-0.05, 0) is 25.5 Å². The molecule has 0 N–H and O–H groups in total. The predicted molar refractivity (Wildman–Crippen MR) is 81.9 cm³/mol. The standard InChI is InChI=1S/C17H24O5/c1-4-17(12-20-13(17)2)21-11-16(22-14(3)18)10-19-15-8-6-5-7-9-15/h5-9,13,16H,4,10-12H2,1-3H3. The van der Waals surface area contributed by atoms with E-state index in [1.165, 1.54) is 6.92 Å². The molecule has 1 saturated heterocycles. The van der Waals surface area contributed by atoms with Gasteiger partial charge >= 0.3 is 5.97 Å². The first kappa shape index (κ1) is 16.8. The highest BCUT2D eigenvalue weighted by Crippen LogP contribution is 2.32. The molecule has 1 aromatic rings. The molecular weight excluding hydrogens is 284 g/mol. The fraction of sp³-hybridized carbons (Fsp3) is 0.588. The molecule has 3 atom stereocenters. The summed E-state index contributed by atoms with van der Waals surface area (Å²) >= 11 is 0. The molecule has 5 heteroatoms. The summed E-state index contributed by atoms with van der Waals surface area (Å²) < 4.78 is 22.4. The second-order valence-electron chi connectivity index (χ2n) is 5.54. The summed E-state index contributed by atoms with van der Waals surface area (Å²) in [6.07, 6.45) is 0.486. The van der Waals surface area contributed by atoms with Crippen LogP contribution in [-0.4, -0.2) is 43.6 Å². The zero-order valence-corrected chi connectivity index (χ0v) is 13.4. The monoisotopic (exact) mass is 308 g/mol. The van der Waals surface area contributed by atoms with Gasteiger partial charge in [-0.1, -0.05) is 25.1 Å². The minimum atomic E-state index is -0.436. The maximum atomic E-state index is 11.2. The lowest BCUT2D eigenvalue weighted by atomic mass is 9.90. The molecule has 0 spiro atoms. The lowest BCUT2D eigenvalue weighted by Crippen LogP contribution is -2.59. The number of esters is 1. The molecule has 0 aliphatic carbocycles. The Labute approximate surface area is 131 Å². The van der Waals surface area contributed by atoms with Crippen LogP contribution in [0.1, 0.15) is 27.2 Å². The molecule has 0 amide bonds. The second-order valence-corrected chi connectivity index (χ2v) is 5.54. The van der Waals surface area contributed by atoms with Crippen molar-refractivity contribution in [1.82, 2.24) is 0 Å². The quantitative estimate of drug-likeness (QED) is 0.691. The first-order valence-electron chi connectivity index (χ1n) is 7.66. The van der Waals surface area contributed by atoms with Crippen molar-refractivity contribution in [3.05, 3.63) is 30.3 Å². The molecule has 22 heavy (non-hydrogen) atoms. The molecule has 0 bridgehead atoms. The van der Waals surface area contributed by atoms with Crippen molar-refractivity contribution in [3.8, 4) is 5.75 Å². The van der Waals surface area contributed by atoms with Crippen LogP contribution in [0.5, 0.6) is 5.75 Å². The molecule has 1 aromatic carbocycles. The van der Waals surface area contributed by atoms with Gasteiger partial charge in [-0.15, -0.1) is 0 Å². The van der Waals surface area contributed by atoms with Crippen molar-refractivity contribution in [2.75, 3.05) is 19.8 Å². The van der Waals surface area contributed by atoms with Crippen LogP contribution in [0.25, 0.3) is 0 Å². The summed E-state index contributed by atoms with van der Waals surface area (Å²) in [4.78, 5) is 11.2. The number of hydrogen-bond acceptors (Lipinski definition) is 5. The van der Waals surface area contributed by atoms with E-state index in [1.807, 2.05) is 37.3 Å². The summed E-state index contributed by atoms with van der Waals surface area (Å²) in [6.45, 7) is 6.60. The topological polar surface area (TPSA) is 54.0 Å². The van der Waals surface area contributed by atoms with Crippen molar-refractivity contribution in [2.45, 2.75) is 45.0 Å². The number of rotatable bonds is 8. The van der Waals surface area contributed by atoms with Gasteiger partial charge in [0.15, 0.2) is 6.10 Å². The summed E-state index contributed by atoms with van der Waals surface area (Å²) in [5.41, 5.74) is -0.273. The molecule has 1 aliphatic rings. The first-order chi connectivity index (χ1) is 10.6. The van der Waals surface area contributed by atoms with E-state index < -0.39 is 6.10 Å². The third-order valence-electron chi connectivity index (χ3n) is 3.99. The molecule has 0 saturated carbocycles. The molecule has 3 unspecified atom stereocenters. The summed E-state index contributed by atoms with van der Waals surface area (Å²) in [5.74, 6) is 0.402. The van der Waals surface area contributed by atoms with E-state index in [9.17, 15) is 4.79 Å². The van der Waals surface area contributed by atoms with Gasteiger partial charge in [0, 0.05) is 6.92 Å². The lowest BCUT2D eigenvalue weighted by Gasteiger charge is -2.47. The van der Waals surface area contributed by atoms with Crippen LogP contribution in [-0.2, 0) is 19.0 Å². The highest BCUT2D eigenvalue weighted by Gasteiger charge is 2.45. The number of ether oxygens (including phenoxy) is 4. The van der Waals surface area contributed by atoms with E-state index in [0.717, 1.165) is 12.2 Å². The molecule has 0 aromatic heterocycles. The normalized spacial score (nSPS) is 25.1. The molecule has 0 radical (unpaired) electrons. The zero-order chi connectivity index (χ0) is 16.0. The lowest BCUT2D eigenvalue weighted by molar-refractivity contribution is -0.263. The van der Waals surface area contributed by atoms with Crippen LogP contribution in [0.2, 0.25) is 0 Å². The van der Waals surface area contributed by atoms with Gasteiger partial charge in [0.05, 0.1) is 19.3 Å². The Balaban J connectivity index is 1.87. The molecule has 1 fully saturated rings. The van der Waals surface area contributed by atoms with Crippen molar-refractivity contribution in [2.24, 2.45) is 0 Å². The molecule has 1 aliphatic heterocycles. The Kier molecular flexibility index (Phi) is 5.80. The number of benzene rings is 1. The Hall–Kier alpha value is -1.59. The van der Waals surface area contributed by atoms with Gasteiger partial charge in [0.25, 0.3) is 0 Å². The summed E-state index contributed by atoms with van der Waals surface area (Å²) in [5, 5.41) is 0. The molecule has 5 nitrogen and oxygen atoms in total. The fourth-order valence-corrected chi connectivity index (χ4v) is 2.40. The van der Waals surface area contributed by atoms with Crippen LogP contribution < -0.4 is 4.74 Å². The van der Waals surface area contributed by atoms with Crippen molar-refractivity contribution in [1.29, 1.82) is 0 Å². The van der Waals surface area contributed by atoms with E-state index in [4.69, 9.17) is 18.9 Å². The van der Waals surface area contributed by atoms with Crippen molar-refractivity contribution in [3.63, 3.8) is 0 Å². The third kappa shape index (κ3) is 4.21. The maximum Gasteiger partial charge on any atom is 0.303 e. The van der Waals surface area contributed by atoms with E-state index in [2.05, 4.69) is 6.92 Å². The van der Waals surface area contributed by atoms with Gasteiger partial charge in [0.1, 0.15) is 18.0 Å². The number of carbonyl (C=O) groups excluding carboxylic acids is 1. The average Bonchev–Trinajstić information content (AvgIpc) is 2.52. The van der Waals surface area contributed by atoms with Crippen LogP contribution in [0.15, 0.2) is 30.3 Å². The summed E-state index contributed by atoms with van der Waals surface area (Å²) in [6, 6.07) is 9.43. The second kappa shape index (κ2) is 7.61. The van der Waals surface area contributed by atoms with E-state index in [-0.39, 0.29) is 24.3 Å². The molecule has 1 heterocycles. The fourth-order valence-electron chi connectivity index (χ4n) is 2.40. The number of carbonyl (C=O) groups is 1. The highest BCUT2D eigenvalue weighted by atomic mass is 16.6. The minimum absolute atomic E-state index is 0.0607. The van der Waals surface area contributed by atoms with Gasteiger partial charge in [-0.2, -0.15) is 0 Å². The molecule has 2 rings (SSSR count). The minimum Gasteiger partial charge on any atom is -0.490 e. The van der Waals surface area contributed by atoms with Gasteiger partial charge in [-0.25, -0.2) is 0 Å². The van der Waals surface area contributed by atoms with Crippen LogP contribution in [0, 0.1) is 0 Å². The maximum absolute atomic E-state index is 11.2. The van der Waals surface area contributed by atoms with Gasteiger partial charge in [0.2, 0.25) is 0 Å².